The Bertz CT molecular complexity index is 1350. The van der Waals surface area contributed by atoms with E-state index in [9.17, 15) is 43.5 Å². The lowest BCUT2D eigenvalue weighted by Crippen LogP contribution is -2.44. The summed E-state index contributed by atoms with van der Waals surface area (Å²) in [5, 5.41) is 46.7. The predicted molar refractivity (Wildman–Crippen MR) is 269 cm³/mol. The van der Waals surface area contributed by atoms with E-state index in [1.165, 1.54) is 44.9 Å². The fraction of sp³-hybridized carbons (Fsp3) is 0.833. The zero-order chi connectivity index (χ0) is 51.8. The van der Waals surface area contributed by atoms with Crippen molar-refractivity contribution in [1.82, 2.24) is 37.1 Å². The van der Waals surface area contributed by atoms with Crippen molar-refractivity contribution in [2.75, 3.05) is 33.7 Å². The molecular formula is C48H91B2N7O11. The van der Waals surface area contributed by atoms with Crippen molar-refractivity contribution < 1.29 is 53.7 Å². The molecule has 0 aromatic heterocycles. The average Bonchev–Trinajstić information content (AvgIpc) is 3.31. The van der Waals surface area contributed by atoms with E-state index in [4.69, 9.17) is 18.2 Å². The molecule has 4 atom stereocenters. The standard InChI is InChI=1S/C43H80BN7O10.C3H5BO.C2H6/c1-45-33(40(56)48-31-21-18-24-34(46-2)41(57)49-32-22-19-25-36(51-44)43(60)61)23-17-20-30-47-37(52)29-28-35(42(58)59)50-38(53)26-15-13-11-9-7-5-3-4-6-8-10-12-14-16-27-39(54)55;1-2-3(4)5;1-2/h33-36,45-46,51H,3-32H2,1-2H3,(H,47,52)(H,48,56)(H,49,57)(H,50,53)(H,54,55)(H,58,59)(H,60,61);2H2,1H3;1-2H3/t33-,34?,35?,36?;;/m0../s1. The molecule has 0 aliphatic heterocycles. The lowest BCUT2D eigenvalue weighted by Gasteiger charge is -2.18. The van der Waals surface area contributed by atoms with Gasteiger partial charge in [0.05, 0.1) is 23.8 Å². The molecule has 0 aliphatic carbocycles. The minimum absolute atomic E-state index is 0.00335. The molecule has 0 rings (SSSR count). The van der Waals surface area contributed by atoms with Gasteiger partial charge in [-0.1, -0.05) is 97.8 Å². The maximum absolute atomic E-state index is 12.7. The highest BCUT2D eigenvalue weighted by atomic mass is 16.4. The topological polar surface area (TPSA) is 281 Å². The average molecular weight is 964 g/mol. The first kappa shape index (κ1) is 68.2. The fourth-order valence-corrected chi connectivity index (χ4v) is 6.98. The molecule has 0 aromatic rings. The van der Waals surface area contributed by atoms with Crippen LogP contribution < -0.4 is 37.1 Å². The maximum Gasteiger partial charge on any atom is 0.326 e. The molecule has 3 unspecified atom stereocenters. The number of unbranched alkanes of at least 4 members (excludes halogenated alkanes) is 16. The molecule has 4 amide bonds. The van der Waals surface area contributed by atoms with Gasteiger partial charge in [-0.05, 0) is 97.6 Å². The van der Waals surface area contributed by atoms with Gasteiger partial charge in [-0.2, -0.15) is 0 Å². The summed E-state index contributed by atoms with van der Waals surface area (Å²) >= 11 is 0. The van der Waals surface area contributed by atoms with Crippen LogP contribution in [0, 0.1) is 0 Å². The molecule has 390 valence electrons. The van der Waals surface area contributed by atoms with Crippen molar-refractivity contribution in [3.63, 3.8) is 0 Å². The van der Waals surface area contributed by atoms with Crippen LogP contribution in [0.1, 0.15) is 201 Å². The molecule has 18 nitrogen and oxygen atoms in total. The largest absolute Gasteiger partial charge is 0.481 e. The van der Waals surface area contributed by atoms with E-state index >= 15 is 0 Å². The van der Waals surface area contributed by atoms with E-state index < -0.39 is 36.0 Å². The second-order valence-corrected chi connectivity index (χ2v) is 16.8. The smallest absolute Gasteiger partial charge is 0.326 e. The highest BCUT2D eigenvalue weighted by Crippen LogP contribution is 2.14. The fourth-order valence-electron chi connectivity index (χ4n) is 6.98. The first-order chi connectivity index (χ1) is 32.6. The van der Waals surface area contributed by atoms with Gasteiger partial charge in [-0.3, -0.25) is 28.8 Å². The van der Waals surface area contributed by atoms with E-state index in [0.717, 1.165) is 44.9 Å². The molecule has 0 bridgehead atoms. The summed E-state index contributed by atoms with van der Waals surface area (Å²) in [6, 6.07) is -2.71. The first-order valence-electron chi connectivity index (χ1n) is 25.5. The number of hydrogen-bond donors (Lipinski definition) is 10. The molecule has 0 saturated carbocycles. The predicted octanol–water partition coefficient (Wildman–Crippen LogP) is 4.94. The quantitative estimate of drug-likeness (QED) is 0.0286. The SMILES string of the molecule is CC.[B]C(=O)CC.[B]NC(CCCCNC(=O)C(CCCCNC(=O)[C@H](CCCCNC(=O)CCC(NC(=O)CCCCCCCCCCCCCCCCC(=O)O)C(=O)O)NC)NC)C(=O)O. The second-order valence-electron chi connectivity index (χ2n) is 16.8. The van der Waals surface area contributed by atoms with Crippen molar-refractivity contribution in [1.29, 1.82) is 0 Å². The summed E-state index contributed by atoms with van der Waals surface area (Å²) in [6.45, 7) is 7.01. The van der Waals surface area contributed by atoms with Crippen LogP contribution in [0.4, 0.5) is 0 Å². The van der Waals surface area contributed by atoms with Gasteiger partial charge in [-0.25, -0.2) is 4.79 Å². The van der Waals surface area contributed by atoms with Crippen molar-refractivity contribution in [3.05, 3.63) is 0 Å². The number of amides is 4. The van der Waals surface area contributed by atoms with Gasteiger partial charge >= 0.3 is 17.9 Å². The van der Waals surface area contributed by atoms with E-state index in [2.05, 4.69) is 45.0 Å². The van der Waals surface area contributed by atoms with E-state index in [-0.39, 0.29) is 61.0 Å². The number of rotatable bonds is 44. The Hall–Kier alpha value is -4.03. The summed E-state index contributed by atoms with van der Waals surface area (Å²) in [7, 11) is 13.3. The molecule has 0 heterocycles. The normalized spacial score (nSPS) is 12.4. The van der Waals surface area contributed by atoms with Crippen molar-refractivity contribution in [3.8, 4) is 0 Å². The van der Waals surface area contributed by atoms with Gasteiger partial charge in [0.1, 0.15) is 6.04 Å². The van der Waals surface area contributed by atoms with Gasteiger partial charge < -0.3 is 57.2 Å². The number of nitrogens with one attached hydrogen (secondary N) is 7. The first-order valence-corrected chi connectivity index (χ1v) is 25.5. The number of aliphatic carboxylic acids is 3. The molecule has 68 heavy (non-hydrogen) atoms. The number of carboxylic acids is 3. The summed E-state index contributed by atoms with van der Waals surface area (Å²) in [5.74, 6) is -3.76. The summed E-state index contributed by atoms with van der Waals surface area (Å²) in [5.41, 5.74) is -0.245. The van der Waals surface area contributed by atoms with Crippen LogP contribution in [0.2, 0.25) is 0 Å². The molecule has 0 aliphatic rings. The molecule has 0 spiro atoms. The van der Waals surface area contributed by atoms with Crippen LogP contribution in [0.3, 0.4) is 0 Å². The Morgan fingerprint density at radius 3 is 1.13 bits per heavy atom. The number of carboxylic acid groups (broad SMARTS) is 3. The maximum atomic E-state index is 12.7. The van der Waals surface area contributed by atoms with Gasteiger partial charge in [0.15, 0.2) is 15.8 Å². The van der Waals surface area contributed by atoms with Crippen LogP contribution in [0.15, 0.2) is 0 Å². The van der Waals surface area contributed by atoms with Gasteiger partial charge in [0.25, 0.3) is 0 Å². The monoisotopic (exact) mass is 964 g/mol. The van der Waals surface area contributed by atoms with Crippen LogP contribution in [0.5, 0.6) is 0 Å². The van der Waals surface area contributed by atoms with Crippen molar-refractivity contribution in [2.24, 2.45) is 0 Å². The van der Waals surface area contributed by atoms with Crippen LogP contribution in [-0.2, 0) is 38.4 Å². The summed E-state index contributed by atoms with van der Waals surface area (Å²) in [4.78, 5) is 92.8. The molecular weight excluding hydrogens is 872 g/mol. The molecule has 10 N–H and O–H groups in total. The summed E-state index contributed by atoms with van der Waals surface area (Å²) < 4.78 is 0. The van der Waals surface area contributed by atoms with E-state index in [1.54, 1.807) is 21.0 Å². The third-order valence-corrected chi connectivity index (χ3v) is 11.2. The van der Waals surface area contributed by atoms with Crippen molar-refractivity contribution in [2.45, 2.75) is 225 Å². The third kappa shape index (κ3) is 44.5. The Balaban J connectivity index is -0.00000562. The number of hydrogen-bond acceptors (Lipinski definition) is 11. The van der Waals surface area contributed by atoms with Gasteiger partial charge in [-0.15, -0.1) is 0 Å². The molecule has 0 fully saturated rings. The lowest BCUT2D eigenvalue weighted by molar-refractivity contribution is -0.142. The van der Waals surface area contributed by atoms with Crippen LogP contribution >= 0.6 is 0 Å². The number of carbonyl (C=O) groups is 8. The zero-order valence-electron chi connectivity index (χ0n) is 42.5. The Morgan fingerprint density at radius 1 is 0.441 bits per heavy atom. The minimum atomic E-state index is -1.17. The highest BCUT2D eigenvalue weighted by molar-refractivity contribution is 6.57. The third-order valence-electron chi connectivity index (χ3n) is 11.2. The Morgan fingerprint density at radius 2 is 0.794 bits per heavy atom. The molecule has 0 aromatic carbocycles. The van der Waals surface area contributed by atoms with E-state index in [1.807, 2.05) is 13.8 Å². The summed E-state index contributed by atoms with van der Waals surface area (Å²) in [6.07, 6.45) is 21.5. The Kier molecular flexibility index (Phi) is 49.6. The minimum Gasteiger partial charge on any atom is -0.481 e. The van der Waals surface area contributed by atoms with Crippen LogP contribution in [-0.4, -0.2) is 136 Å². The highest BCUT2D eigenvalue weighted by Gasteiger charge is 2.21. The second kappa shape index (κ2) is 49.4. The Labute approximate surface area is 411 Å². The molecule has 0 saturated heterocycles. The number of likely N-dealkylation sites (N-methyl/N-ethyl adjacent to an activating group) is 2. The van der Waals surface area contributed by atoms with Gasteiger partial charge in [0.2, 0.25) is 23.6 Å². The van der Waals surface area contributed by atoms with E-state index in [0.29, 0.717) is 83.8 Å². The van der Waals surface area contributed by atoms with Gasteiger partial charge in [0, 0.05) is 38.9 Å². The molecule has 20 heteroatoms. The van der Waals surface area contributed by atoms with Crippen LogP contribution in [0.25, 0.3) is 0 Å². The number of carbonyl (C=O) groups excluding carboxylic acids is 5. The van der Waals surface area contributed by atoms with Crippen molar-refractivity contribution >= 4 is 63.0 Å². The zero-order valence-corrected chi connectivity index (χ0v) is 42.5. The lowest BCUT2D eigenvalue weighted by atomic mass is 10.0. The molecule has 4 radical (unpaired) electrons.